The number of alkyl halides is 1. The molecule has 0 radical (unpaired) electrons. The molecule has 0 bridgehead atoms. The number of benzene rings is 1. The van der Waals surface area contributed by atoms with Crippen LogP contribution in [-0.2, 0) is 6.42 Å². The minimum Gasteiger partial charge on any atom is -0.253 e. The molecule has 3 rings (SSSR count). The number of rotatable bonds is 3. The highest BCUT2D eigenvalue weighted by Crippen LogP contribution is 2.55. The van der Waals surface area contributed by atoms with Crippen molar-refractivity contribution in [3.05, 3.63) is 42.1 Å². The molecule has 2 heteroatoms. The van der Waals surface area contributed by atoms with Crippen molar-refractivity contribution < 1.29 is 0 Å². The zero-order valence-corrected chi connectivity index (χ0v) is 12.4. The lowest BCUT2D eigenvalue weighted by molar-refractivity contribution is 0.544. The van der Waals surface area contributed by atoms with Gasteiger partial charge in [-0.1, -0.05) is 54.0 Å². The number of pyridine rings is 1. The molecule has 94 valence electrons. The monoisotopic (exact) mass is 303 g/mol. The van der Waals surface area contributed by atoms with Gasteiger partial charge < -0.3 is 0 Å². The van der Waals surface area contributed by atoms with Gasteiger partial charge >= 0.3 is 0 Å². The topological polar surface area (TPSA) is 12.9 Å². The van der Waals surface area contributed by atoms with Crippen LogP contribution in [0.3, 0.4) is 0 Å². The Bertz CT molecular complexity index is 576. The van der Waals surface area contributed by atoms with Crippen molar-refractivity contribution in [3.8, 4) is 0 Å². The quantitative estimate of drug-likeness (QED) is 0.756. The van der Waals surface area contributed by atoms with Crippen molar-refractivity contribution in [2.75, 3.05) is 0 Å². The Morgan fingerprint density at radius 2 is 2.00 bits per heavy atom. The second-order valence-corrected chi connectivity index (χ2v) is 7.19. The zero-order valence-electron chi connectivity index (χ0n) is 10.9. The molecule has 18 heavy (non-hydrogen) atoms. The van der Waals surface area contributed by atoms with Gasteiger partial charge in [-0.25, -0.2) is 0 Å². The summed E-state index contributed by atoms with van der Waals surface area (Å²) in [4.78, 5) is 5.30. The van der Waals surface area contributed by atoms with Gasteiger partial charge in [-0.05, 0) is 29.9 Å². The summed E-state index contributed by atoms with van der Waals surface area (Å²) in [5, 5.41) is 1.22. The molecule has 2 aromatic rings. The first-order chi connectivity index (χ1) is 8.56. The summed E-state index contributed by atoms with van der Waals surface area (Å²) >= 11 is 3.84. The molecule has 1 aliphatic carbocycles. The normalized spacial score (nSPS) is 22.9. The fourth-order valence-corrected chi connectivity index (χ4v) is 3.92. The molecule has 1 nitrogen and oxygen atoms in total. The van der Waals surface area contributed by atoms with Gasteiger partial charge in [0, 0.05) is 22.3 Å². The lowest BCUT2D eigenvalue weighted by atomic mass is 10.0. The summed E-state index contributed by atoms with van der Waals surface area (Å²) in [5.74, 6) is 0.797. The van der Waals surface area contributed by atoms with Gasteiger partial charge in [0.2, 0.25) is 0 Å². The van der Waals surface area contributed by atoms with Crippen LogP contribution in [0.1, 0.15) is 26.0 Å². The third-order valence-electron chi connectivity index (χ3n) is 4.09. The van der Waals surface area contributed by atoms with E-state index in [0.29, 0.717) is 10.2 Å². The maximum atomic E-state index is 4.74. The molecule has 1 aliphatic rings. The van der Waals surface area contributed by atoms with Crippen molar-refractivity contribution in [3.63, 3.8) is 0 Å². The highest BCUT2D eigenvalue weighted by Gasteiger charge is 2.49. The molecule has 0 amide bonds. The zero-order chi connectivity index (χ0) is 12.8. The summed E-state index contributed by atoms with van der Waals surface area (Å²) in [6.07, 6.45) is 2.36. The Hall–Kier alpha value is -0.890. The van der Waals surface area contributed by atoms with Crippen LogP contribution in [0.15, 0.2) is 36.4 Å². The van der Waals surface area contributed by atoms with E-state index < -0.39 is 0 Å². The van der Waals surface area contributed by atoms with Gasteiger partial charge in [0.25, 0.3) is 0 Å². The molecule has 0 saturated heterocycles. The van der Waals surface area contributed by atoms with Crippen molar-refractivity contribution in [2.45, 2.75) is 31.5 Å². The molecule has 1 aromatic carbocycles. The summed E-state index contributed by atoms with van der Waals surface area (Å²) in [7, 11) is 0. The van der Waals surface area contributed by atoms with Gasteiger partial charge in [0.1, 0.15) is 0 Å². The minimum atomic E-state index is 0.519. The van der Waals surface area contributed by atoms with Crippen LogP contribution in [0.5, 0.6) is 0 Å². The predicted molar refractivity (Wildman–Crippen MR) is 80.1 cm³/mol. The average Bonchev–Trinajstić information content (AvgIpc) is 2.98. The number of aromatic nitrogens is 1. The molecule has 1 heterocycles. The number of hydrogen-bond donors (Lipinski definition) is 0. The molecule has 0 spiro atoms. The highest BCUT2D eigenvalue weighted by atomic mass is 79.9. The fourth-order valence-electron chi connectivity index (χ4n) is 2.69. The Balaban J connectivity index is 1.79. The lowest BCUT2D eigenvalue weighted by Gasteiger charge is -2.11. The molecular weight excluding hydrogens is 286 g/mol. The predicted octanol–water partition coefficient (Wildman–Crippen LogP) is 4.59. The fraction of sp³-hybridized carbons (Fsp3) is 0.438. The van der Waals surface area contributed by atoms with E-state index in [1.165, 1.54) is 17.5 Å². The maximum Gasteiger partial charge on any atom is 0.0705 e. The van der Waals surface area contributed by atoms with E-state index in [1.54, 1.807) is 0 Å². The van der Waals surface area contributed by atoms with Gasteiger partial charge in [-0.2, -0.15) is 0 Å². The molecule has 0 N–H and O–H groups in total. The third kappa shape index (κ3) is 2.31. The van der Waals surface area contributed by atoms with Crippen LogP contribution in [0, 0.1) is 11.3 Å². The molecule has 2 unspecified atom stereocenters. The van der Waals surface area contributed by atoms with E-state index in [2.05, 4.69) is 66.2 Å². The van der Waals surface area contributed by atoms with E-state index in [4.69, 9.17) is 4.98 Å². The van der Waals surface area contributed by atoms with E-state index >= 15 is 0 Å². The second kappa shape index (κ2) is 4.34. The SMILES string of the molecule is CC1(C)CC1C(Br)Cc1ccc2ccccc2n1. The van der Waals surface area contributed by atoms with Gasteiger partial charge in [0.05, 0.1) is 5.52 Å². The first-order valence-electron chi connectivity index (χ1n) is 6.55. The van der Waals surface area contributed by atoms with Crippen LogP contribution >= 0.6 is 15.9 Å². The van der Waals surface area contributed by atoms with Crippen molar-refractivity contribution in [1.82, 2.24) is 4.98 Å². The standard InChI is InChI=1S/C16H18BrN/c1-16(2)10-13(16)14(17)9-12-8-7-11-5-3-4-6-15(11)18-12/h3-8,13-14H,9-10H2,1-2H3. The van der Waals surface area contributed by atoms with Crippen LogP contribution in [-0.4, -0.2) is 9.81 Å². The Kier molecular flexibility index (Phi) is 2.93. The van der Waals surface area contributed by atoms with E-state index in [9.17, 15) is 0 Å². The van der Waals surface area contributed by atoms with Crippen molar-refractivity contribution >= 4 is 26.8 Å². The first kappa shape index (κ1) is 12.2. The number of hydrogen-bond acceptors (Lipinski definition) is 1. The molecule has 1 aromatic heterocycles. The van der Waals surface area contributed by atoms with E-state index in [1.807, 2.05) is 0 Å². The number of nitrogens with zero attached hydrogens (tertiary/aromatic N) is 1. The average molecular weight is 304 g/mol. The van der Waals surface area contributed by atoms with Crippen LogP contribution in [0.4, 0.5) is 0 Å². The van der Waals surface area contributed by atoms with Crippen LogP contribution < -0.4 is 0 Å². The summed E-state index contributed by atoms with van der Waals surface area (Å²) < 4.78 is 0. The molecule has 2 atom stereocenters. The second-order valence-electron chi connectivity index (χ2n) is 6.01. The molecule has 1 fully saturated rings. The Morgan fingerprint density at radius 3 is 2.72 bits per heavy atom. The van der Waals surface area contributed by atoms with Crippen molar-refractivity contribution in [2.24, 2.45) is 11.3 Å². The van der Waals surface area contributed by atoms with Gasteiger partial charge in [-0.15, -0.1) is 0 Å². The molecular formula is C16H18BrN. The summed E-state index contributed by atoms with van der Waals surface area (Å²) in [5.41, 5.74) is 2.81. The number of fused-ring (bicyclic) bond motifs is 1. The first-order valence-corrected chi connectivity index (χ1v) is 7.46. The third-order valence-corrected chi connectivity index (χ3v) is 5.05. The number of para-hydroxylation sites is 1. The largest absolute Gasteiger partial charge is 0.253 e. The van der Waals surface area contributed by atoms with Gasteiger partial charge in [-0.3, -0.25) is 4.98 Å². The minimum absolute atomic E-state index is 0.519. The van der Waals surface area contributed by atoms with Crippen molar-refractivity contribution in [1.29, 1.82) is 0 Å². The van der Waals surface area contributed by atoms with E-state index in [-0.39, 0.29) is 0 Å². The van der Waals surface area contributed by atoms with Crippen LogP contribution in [0.25, 0.3) is 10.9 Å². The van der Waals surface area contributed by atoms with E-state index in [0.717, 1.165) is 17.9 Å². The molecule has 1 saturated carbocycles. The summed E-state index contributed by atoms with van der Waals surface area (Å²) in [6, 6.07) is 12.6. The maximum absolute atomic E-state index is 4.74. The van der Waals surface area contributed by atoms with Crippen LogP contribution in [0.2, 0.25) is 0 Å². The van der Waals surface area contributed by atoms with Gasteiger partial charge in [0.15, 0.2) is 0 Å². The Labute approximate surface area is 117 Å². The summed E-state index contributed by atoms with van der Waals surface area (Å²) in [6.45, 7) is 4.69. The Morgan fingerprint density at radius 1 is 1.28 bits per heavy atom. The highest BCUT2D eigenvalue weighted by molar-refractivity contribution is 9.09. The number of halogens is 1. The lowest BCUT2D eigenvalue weighted by Crippen LogP contribution is -2.10. The smallest absolute Gasteiger partial charge is 0.0705 e. The molecule has 0 aliphatic heterocycles.